The van der Waals surface area contributed by atoms with Crippen molar-refractivity contribution in [2.75, 3.05) is 11.5 Å². The fraction of sp³-hybridized carbons (Fsp3) is 1.00. The van der Waals surface area contributed by atoms with Crippen LogP contribution in [-0.2, 0) is 19.7 Å². The molecule has 3 fully saturated rings. The molecule has 8 heteroatoms. The van der Waals surface area contributed by atoms with E-state index in [0.717, 1.165) is 19.3 Å². The summed E-state index contributed by atoms with van der Waals surface area (Å²) in [5, 5.41) is 0. The van der Waals surface area contributed by atoms with Crippen LogP contribution in [0.25, 0.3) is 0 Å². The van der Waals surface area contributed by atoms with E-state index in [9.17, 15) is 16.8 Å². The van der Waals surface area contributed by atoms with E-state index in [2.05, 4.69) is 0 Å². The first kappa shape index (κ1) is 14.4. The van der Waals surface area contributed by atoms with Crippen LogP contribution in [0.3, 0.4) is 0 Å². The zero-order valence-corrected chi connectivity index (χ0v) is 13.5. The molecule has 110 valence electrons. The third-order valence-electron chi connectivity index (χ3n) is 5.15. The van der Waals surface area contributed by atoms with Gasteiger partial charge in [0.1, 0.15) is 9.42 Å². The fourth-order valence-electron chi connectivity index (χ4n) is 4.35. The summed E-state index contributed by atoms with van der Waals surface area (Å²) in [6.07, 6.45) is 3.71. The first-order valence-electron chi connectivity index (χ1n) is 6.39. The maximum absolute atomic E-state index is 12.2. The molecule has 0 bridgehead atoms. The molecule has 3 rings (SSSR count). The fourth-order valence-corrected chi connectivity index (χ4v) is 11.1. The van der Waals surface area contributed by atoms with Gasteiger partial charge in [-0.2, -0.15) is 0 Å². The smallest absolute Gasteiger partial charge is 0.168 e. The molecule has 4 nitrogen and oxygen atoms in total. The average Bonchev–Trinajstić information content (AvgIpc) is 2.52. The quantitative estimate of drug-likeness (QED) is 0.628. The Morgan fingerprint density at radius 3 is 1.47 bits per heavy atom. The van der Waals surface area contributed by atoms with Crippen LogP contribution in [0.5, 0.6) is 0 Å². The Morgan fingerprint density at radius 2 is 1.11 bits per heavy atom. The Bertz CT molecular complexity index is 561. The number of hydrogen-bond acceptors (Lipinski definition) is 4. The molecule has 0 amide bonds. The maximum atomic E-state index is 12.2. The summed E-state index contributed by atoms with van der Waals surface area (Å²) in [7, 11) is -6.94. The predicted octanol–water partition coefficient (Wildman–Crippen LogP) is 1.91. The molecule has 0 aromatic heterocycles. The van der Waals surface area contributed by atoms with Crippen LogP contribution >= 0.6 is 23.2 Å². The largest absolute Gasteiger partial charge is 0.227 e. The third kappa shape index (κ3) is 1.63. The number of halogens is 2. The second-order valence-corrected chi connectivity index (χ2v) is 11.7. The summed E-state index contributed by atoms with van der Waals surface area (Å²) in [6.45, 7) is 0. The van der Waals surface area contributed by atoms with E-state index >= 15 is 0 Å². The van der Waals surface area contributed by atoms with Crippen LogP contribution in [0.4, 0.5) is 0 Å². The first-order chi connectivity index (χ1) is 8.68. The topological polar surface area (TPSA) is 68.3 Å². The highest BCUT2D eigenvalue weighted by Gasteiger charge is 2.75. The lowest BCUT2D eigenvalue weighted by molar-refractivity contribution is 0.130. The average molecular weight is 347 g/mol. The van der Waals surface area contributed by atoms with E-state index in [-0.39, 0.29) is 11.5 Å². The minimum absolute atomic E-state index is 0.179. The van der Waals surface area contributed by atoms with Gasteiger partial charge in [-0.3, -0.25) is 0 Å². The Morgan fingerprint density at radius 1 is 0.737 bits per heavy atom. The number of sulfone groups is 2. The van der Waals surface area contributed by atoms with Crippen molar-refractivity contribution in [2.24, 2.45) is 10.8 Å². The molecular formula is C11H16Cl2O4S2. The summed E-state index contributed by atoms with van der Waals surface area (Å²) in [4.78, 5) is 0. The zero-order valence-electron chi connectivity index (χ0n) is 10.3. The van der Waals surface area contributed by atoms with Crippen LogP contribution in [0.1, 0.15) is 32.1 Å². The summed E-state index contributed by atoms with van der Waals surface area (Å²) >= 11 is 12.4. The monoisotopic (exact) mass is 346 g/mol. The third-order valence-corrected chi connectivity index (χ3v) is 11.6. The number of hydrogen-bond donors (Lipinski definition) is 0. The summed E-state index contributed by atoms with van der Waals surface area (Å²) in [6, 6.07) is 0. The summed E-state index contributed by atoms with van der Waals surface area (Å²) in [5.74, 6) is -0.358. The van der Waals surface area contributed by atoms with Gasteiger partial charge in [0.25, 0.3) is 0 Å². The van der Waals surface area contributed by atoms with Crippen molar-refractivity contribution in [3.05, 3.63) is 0 Å². The zero-order chi connectivity index (χ0) is 14.1. The number of rotatable bonds is 0. The normalized spacial score (nSPS) is 51.3. The van der Waals surface area contributed by atoms with Crippen molar-refractivity contribution in [2.45, 2.75) is 41.5 Å². The van der Waals surface area contributed by atoms with Gasteiger partial charge in [0.05, 0.1) is 11.5 Å². The van der Waals surface area contributed by atoms with Crippen LogP contribution in [0.15, 0.2) is 0 Å². The molecule has 0 unspecified atom stereocenters. The maximum Gasteiger partial charge on any atom is 0.168 e. The molecule has 0 aromatic carbocycles. The Labute approximate surface area is 123 Å². The molecular weight excluding hydrogens is 331 g/mol. The minimum Gasteiger partial charge on any atom is -0.227 e. The van der Waals surface area contributed by atoms with Gasteiger partial charge in [-0.05, 0) is 12.8 Å². The lowest BCUT2D eigenvalue weighted by Gasteiger charge is -2.39. The van der Waals surface area contributed by atoms with Crippen molar-refractivity contribution >= 4 is 42.9 Å². The van der Waals surface area contributed by atoms with Gasteiger partial charge in [0.2, 0.25) is 0 Å². The van der Waals surface area contributed by atoms with Gasteiger partial charge in [-0.25, -0.2) is 16.8 Å². The van der Waals surface area contributed by atoms with Crippen LogP contribution in [0.2, 0.25) is 0 Å². The van der Waals surface area contributed by atoms with Gasteiger partial charge in [-0.1, -0.05) is 19.3 Å². The lowest BCUT2D eigenvalue weighted by atomic mass is 9.65. The van der Waals surface area contributed by atoms with Gasteiger partial charge in [0, 0.05) is 10.8 Å². The molecule has 3 aliphatic rings. The van der Waals surface area contributed by atoms with Crippen LogP contribution < -0.4 is 0 Å². The molecule has 0 N–H and O–H groups in total. The van der Waals surface area contributed by atoms with Gasteiger partial charge < -0.3 is 0 Å². The van der Waals surface area contributed by atoms with E-state index in [4.69, 9.17) is 23.2 Å². The van der Waals surface area contributed by atoms with Gasteiger partial charge >= 0.3 is 0 Å². The SMILES string of the molecule is O=S1(=O)C[C@]23CCCCC[C@]2(CS(=O)(=O)[C@H]3Cl)[C@@H]1Cl. The highest BCUT2D eigenvalue weighted by atomic mass is 35.5. The van der Waals surface area contributed by atoms with E-state index in [0.29, 0.717) is 12.8 Å². The number of alkyl halides is 2. The molecule has 1 aliphatic carbocycles. The highest BCUT2D eigenvalue weighted by Crippen LogP contribution is 2.68. The van der Waals surface area contributed by atoms with Gasteiger partial charge in [-0.15, -0.1) is 23.2 Å². The molecule has 2 saturated heterocycles. The van der Waals surface area contributed by atoms with Crippen molar-refractivity contribution in [3.63, 3.8) is 0 Å². The lowest BCUT2D eigenvalue weighted by Crippen LogP contribution is -2.43. The van der Waals surface area contributed by atoms with Crippen LogP contribution in [0, 0.1) is 10.8 Å². The summed E-state index contributed by atoms with van der Waals surface area (Å²) < 4.78 is 46.6. The Hall–Kier alpha value is 0.480. The molecule has 0 aromatic rings. The minimum atomic E-state index is -3.47. The van der Waals surface area contributed by atoms with Crippen molar-refractivity contribution in [1.29, 1.82) is 0 Å². The Balaban J connectivity index is 2.27. The molecule has 0 radical (unpaired) electrons. The molecule has 0 spiro atoms. The van der Waals surface area contributed by atoms with Crippen molar-refractivity contribution in [1.82, 2.24) is 0 Å². The molecule has 4 atom stereocenters. The van der Waals surface area contributed by atoms with Crippen molar-refractivity contribution in [3.8, 4) is 0 Å². The van der Waals surface area contributed by atoms with E-state index < -0.39 is 39.9 Å². The molecule has 1 saturated carbocycles. The van der Waals surface area contributed by atoms with Crippen LogP contribution in [-0.4, -0.2) is 37.8 Å². The van der Waals surface area contributed by atoms with E-state index in [1.54, 1.807) is 0 Å². The molecule has 2 heterocycles. The van der Waals surface area contributed by atoms with Gasteiger partial charge in [0.15, 0.2) is 19.7 Å². The van der Waals surface area contributed by atoms with Crippen molar-refractivity contribution < 1.29 is 16.8 Å². The first-order valence-corrected chi connectivity index (χ1v) is 10.7. The molecule has 2 aliphatic heterocycles. The molecule has 19 heavy (non-hydrogen) atoms. The predicted molar refractivity (Wildman–Crippen MR) is 74.8 cm³/mol. The summed E-state index contributed by atoms with van der Waals surface area (Å²) in [5.41, 5.74) is -1.76. The van der Waals surface area contributed by atoms with E-state index in [1.807, 2.05) is 0 Å². The Kier molecular flexibility index (Phi) is 3.05. The second kappa shape index (κ2) is 4.02. The second-order valence-electron chi connectivity index (χ2n) is 6.12. The highest BCUT2D eigenvalue weighted by molar-refractivity contribution is 7.95. The standard InChI is InChI=1S/C11H16Cl2O4S2/c12-8-10-4-2-1-3-5-11(10,7-19(8,16)17)9(13)18(14,15)6-10/h8-9H,1-7H2/t8-,9-,10+,11+/m1/s1. The van der Waals surface area contributed by atoms with E-state index in [1.165, 1.54) is 0 Å².